The average molecular weight is 154 g/mol. The highest BCUT2D eigenvalue weighted by Crippen LogP contribution is 2.25. The molecule has 0 aromatic heterocycles. The molecular formula is C9H18N2. The van der Waals surface area contributed by atoms with E-state index in [-0.39, 0.29) is 0 Å². The highest BCUT2D eigenvalue weighted by molar-refractivity contribution is 4.94. The van der Waals surface area contributed by atoms with E-state index >= 15 is 0 Å². The molecule has 0 aromatic carbocycles. The Balaban J connectivity index is 2.62. The molecule has 0 radical (unpaired) electrons. The van der Waals surface area contributed by atoms with E-state index in [1.807, 2.05) is 11.1 Å². The van der Waals surface area contributed by atoms with Gasteiger partial charge in [0.05, 0.1) is 0 Å². The van der Waals surface area contributed by atoms with Crippen LogP contribution in [0.1, 0.15) is 26.7 Å². The second kappa shape index (κ2) is 3.37. The molecule has 0 spiro atoms. The molecule has 0 amide bonds. The van der Waals surface area contributed by atoms with Crippen molar-refractivity contribution in [1.82, 2.24) is 5.01 Å². The first-order valence-corrected chi connectivity index (χ1v) is 4.32. The van der Waals surface area contributed by atoms with Crippen LogP contribution in [0.4, 0.5) is 0 Å². The number of piperidine rings is 1. The molecule has 3 atom stereocenters. The van der Waals surface area contributed by atoms with Gasteiger partial charge in [0.1, 0.15) is 0 Å². The summed E-state index contributed by atoms with van der Waals surface area (Å²) in [5, 5.41) is 1.93. The van der Waals surface area contributed by atoms with Gasteiger partial charge in [-0.05, 0) is 25.7 Å². The van der Waals surface area contributed by atoms with Gasteiger partial charge in [-0.25, -0.2) is 5.01 Å². The topological polar surface area (TPSA) is 29.3 Å². The molecule has 0 aromatic rings. The lowest BCUT2D eigenvalue weighted by atomic mass is 9.89. The van der Waals surface area contributed by atoms with Crippen molar-refractivity contribution in [1.29, 1.82) is 0 Å². The zero-order valence-electron chi connectivity index (χ0n) is 7.46. The monoisotopic (exact) mass is 154 g/mol. The number of nitrogens with zero attached hydrogens (tertiary/aromatic N) is 1. The van der Waals surface area contributed by atoms with Crippen LogP contribution in [0.5, 0.6) is 0 Å². The fourth-order valence-electron chi connectivity index (χ4n) is 1.77. The first-order valence-electron chi connectivity index (χ1n) is 4.32. The molecule has 0 bridgehead atoms. The molecule has 0 saturated carbocycles. The van der Waals surface area contributed by atoms with Crippen LogP contribution in [-0.4, -0.2) is 17.1 Å². The summed E-state index contributed by atoms with van der Waals surface area (Å²) in [7, 11) is 0. The summed E-state index contributed by atoms with van der Waals surface area (Å²) in [4.78, 5) is 0. The predicted octanol–water partition coefficient (Wildman–Crippen LogP) is 1.54. The molecule has 2 N–H and O–H groups in total. The summed E-state index contributed by atoms with van der Waals surface area (Å²) in [6.07, 6.45) is 4.44. The SMILES string of the molecule is C=CC1C(C)CCC(C)N1N. The Labute approximate surface area is 69.0 Å². The van der Waals surface area contributed by atoms with Crippen LogP contribution in [0.25, 0.3) is 0 Å². The molecule has 1 aliphatic rings. The van der Waals surface area contributed by atoms with Gasteiger partial charge >= 0.3 is 0 Å². The summed E-state index contributed by atoms with van der Waals surface area (Å²) in [5.74, 6) is 6.55. The molecule has 1 aliphatic heterocycles. The largest absolute Gasteiger partial charge is 0.268 e. The molecule has 1 heterocycles. The maximum atomic E-state index is 5.89. The van der Waals surface area contributed by atoms with E-state index in [1.165, 1.54) is 12.8 Å². The van der Waals surface area contributed by atoms with Crippen molar-refractivity contribution in [3.05, 3.63) is 12.7 Å². The minimum Gasteiger partial charge on any atom is -0.268 e. The van der Waals surface area contributed by atoms with Crippen molar-refractivity contribution in [2.75, 3.05) is 0 Å². The van der Waals surface area contributed by atoms with E-state index in [0.717, 1.165) is 0 Å². The molecule has 1 fully saturated rings. The summed E-state index contributed by atoms with van der Waals surface area (Å²) in [5.41, 5.74) is 0. The van der Waals surface area contributed by atoms with Gasteiger partial charge in [0, 0.05) is 12.1 Å². The Morgan fingerprint density at radius 3 is 2.55 bits per heavy atom. The third-order valence-electron chi connectivity index (χ3n) is 2.72. The van der Waals surface area contributed by atoms with Gasteiger partial charge in [0.2, 0.25) is 0 Å². The van der Waals surface area contributed by atoms with Gasteiger partial charge in [-0.3, -0.25) is 5.84 Å². The fraction of sp³-hybridized carbons (Fsp3) is 0.778. The lowest BCUT2D eigenvalue weighted by molar-refractivity contribution is 0.0819. The van der Waals surface area contributed by atoms with E-state index < -0.39 is 0 Å². The molecular weight excluding hydrogens is 136 g/mol. The van der Waals surface area contributed by atoms with E-state index in [4.69, 9.17) is 5.84 Å². The van der Waals surface area contributed by atoms with Crippen molar-refractivity contribution < 1.29 is 0 Å². The quantitative estimate of drug-likeness (QED) is 0.458. The number of nitrogens with two attached hydrogens (primary N) is 1. The Kier molecular flexibility index (Phi) is 2.68. The van der Waals surface area contributed by atoms with E-state index in [0.29, 0.717) is 18.0 Å². The number of hydrogen-bond acceptors (Lipinski definition) is 2. The normalized spacial score (nSPS) is 40.5. The fourth-order valence-corrected chi connectivity index (χ4v) is 1.77. The van der Waals surface area contributed by atoms with Gasteiger partial charge in [-0.2, -0.15) is 0 Å². The van der Waals surface area contributed by atoms with Crippen molar-refractivity contribution in [2.45, 2.75) is 38.8 Å². The smallest absolute Gasteiger partial charge is 0.0447 e. The summed E-state index contributed by atoms with van der Waals surface area (Å²) < 4.78 is 0. The third-order valence-corrected chi connectivity index (χ3v) is 2.72. The van der Waals surface area contributed by atoms with Crippen LogP contribution in [0, 0.1) is 5.92 Å². The number of hydrazine groups is 1. The van der Waals surface area contributed by atoms with Crippen LogP contribution >= 0.6 is 0 Å². The van der Waals surface area contributed by atoms with E-state index in [1.54, 1.807) is 0 Å². The van der Waals surface area contributed by atoms with Crippen LogP contribution in [0.15, 0.2) is 12.7 Å². The van der Waals surface area contributed by atoms with Crippen LogP contribution in [0.2, 0.25) is 0 Å². The van der Waals surface area contributed by atoms with E-state index in [2.05, 4.69) is 20.4 Å². The third kappa shape index (κ3) is 1.63. The van der Waals surface area contributed by atoms with Crippen molar-refractivity contribution in [3.8, 4) is 0 Å². The second-order valence-electron chi connectivity index (χ2n) is 3.58. The van der Waals surface area contributed by atoms with Gasteiger partial charge in [-0.1, -0.05) is 13.0 Å². The predicted molar refractivity (Wildman–Crippen MR) is 47.9 cm³/mol. The van der Waals surface area contributed by atoms with E-state index in [9.17, 15) is 0 Å². The van der Waals surface area contributed by atoms with Crippen molar-refractivity contribution in [2.24, 2.45) is 11.8 Å². The average Bonchev–Trinajstić information content (AvgIpc) is 1.99. The first-order chi connectivity index (χ1) is 5.16. The Bertz CT molecular complexity index is 144. The molecule has 0 aliphatic carbocycles. The number of hydrogen-bond donors (Lipinski definition) is 1. The van der Waals surface area contributed by atoms with Gasteiger partial charge in [0.15, 0.2) is 0 Å². The summed E-state index contributed by atoms with van der Waals surface area (Å²) in [6.45, 7) is 8.20. The zero-order chi connectivity index (χ0) is 8.43. The maximum absolute atomic E-state index is 5.89. The lowest BCUT2D eigenvalue weighted by Crippen LogP contribution is -2.52. The summed E-state index contributed by atoms with van der Waals surface area (Å²) >= 11 is 0. The van der Waals surface area contributed by atoms with Crippen LogP contribution in [-0.2, 0) is 0 Å². The zero-order valence-corrected chi connectivity index (χ0v) is 7.46. The molecule has 2 nitrogen and oxygen atoms in total. The van der Waals surface area contributed by atoms with Crippen LogP contribution in [0.3, 0.4) is 0 Å². The minimum absolute atomic E-state index is 0.374. The lowest BCUT2D eigenvalue weighted by Gasteiger charge is -2.39. The molecule has 1 saturated heterocycles. The highest BCUT2D eigenvalue weighted by Gasteiger charge is 2.28. The maximum Gasteiger partial charge on any atom is 0.0447 e. The second-order valence-corrected chi connectivity index (χ2v) is 3.58. The Morgan fingerprint density at radius 2 is 2.09 bits per heavy atom. The highest BCUT2D eigenvalue weighted by atomic mass is 15.4. The minimum atomic E-state index is 0.374. The Morgan fingerprint density at radius 1 is 1.45 bits per heavy atom. The van der Waals surface area contributed by atoms with Crippen LogP contribution < -0.4 is 5.84 Å². The van der Waals surface area contributed by atoms with Crippen molar-refractivity contribution >= 4 is 0 Å². The molecule has 1 rings (SSSR count). The van der Waals surface area contributed by atoms with Gasteiger partial charge in [-0.15, -0.1) is 6.58 Å². The molecule has 11 heavy (non-hydrogen) atoms. The Hall–Kier alpha value is -0.340. The molecule has 2 heteroatoms. The molecule has 3 unspecified atom stereocenters. The standard InChI is InChI=1S/C9H18N2/c1-4-9-7(2)5-6-8(3)11(9)10/h4,7-9H,1,5-6,10H2,2-3H3. The number of rotatable bonds is 1. The van der Waals surface area contributed by atoms with Gasteiger partial charge in [0.25, 0.3) is 0 Å². The van der Waals surface area contributed by atoms with Gasteiger partial charge < -0.3 is 0 Å². The first kappa shape index (κ1) is 8.75. The molecule has 64 valence electrons. The van der Waals surface area contributed by atoms with Crippen molar-refractivity contribution in [3.63, 3.8) is 0 Å². The summed E-state index contributed by atoms with van der Waals surface area (Å²) in [6, 6.07) is 0.882.